The molecular weight excluding hydrogens is 392 g/mol. The molecule has 0 spiro atoms. The fourth-order valence-electron chi connectivity index (χ4n) is 4.41. The Morgan fingerprint density at radius 3 is 2.48 bits per heavy atom. The molecular formula is C25H32N2O4+2. The van der Waals surface area contributed by atoms with Crippen LogP contribution in [0.15, 0.2) is 51.7 Å². The summed E-state index contributed by atoms with van der Waals surface area (Å²) >= 11 is 0. The maximum atomic E-state index is 12.1. The zero-order chi connectivity index (χ0) is 21.8. The van der Waals surface area contributed by atoms with Gasteiger partial charge < -0.3 is 24.1 Å². The van der Waals surface area contributed by atoms with Gasteiger partial charge in [0, 0.05) is 22.6 Å². The predicted molar refractivity (Wildman–Crippen MR) is 120 cm³/mol. The highest BCUT2D eigenvalue weighted by atomic mass is 16.5. The van der Waals surface area contributed by atoms with Crippen molar-refractivity contribution in [2.75, 3.05) is 40.0 Å². The smallest absolute Gasteiger partial charge is 0.336 e. The zero-order valence-electron chi connectivity index (χ0n) is 18.6. The summed E-state index contributed by atoms with van der Waals surface area (Å²) in [4.78, 5) is 13.7. The summed E-state index contributed by atoms with van der Waals surface area (Å²) in [5, 5.41) is 3.33. The van der Waals surface area contributed by atoms with E-state index in [1.165, 1.54) is 16.0 Å². The number of nitrogens with two attached hydrogens (primary N) is 1. The second-order valence-corrected chi connectivity index (χ2v) is 8.35. The minimum absolute atomic E-state index is 0.287. The summed E-state index contributed by atoms with van der Waals surface area (Å²) in [7, 11) is 1.69. The maximum absolute atomic E-state index is 12.1. The van der Waals surface area contributed by atoms with E-state index in [1.807, 2.05) is 25.1 Å². The van der Waals surface area contributed by atoms with E-state index in [4.69, 9.17) is 13.9 Å². The molecule has 1 fully saturated rings. The van der Waals surface area contributed by atoms with Crippen LogP contribution < -0.4 is 20.6 Å². The fraction of sp³-hybridized carbons (Fsp3) is 0.400. The van der Waals surface area contributed by atoms with Gasteiger partial charge in [0.05, 0.1) is 20.3 Å². The minimum atomic E-state index is -0.287. The molecule has 2 heterocycles. The van der Waals surface area contributed by atoms with Crippen molar-refractivity contribution >= 4 is 11.0 Å². The number of ether oxygens (including phenoxy) is 2. The van der Waals surface area contributed by atoms with Crippen LogP contribution in [0.4, 0.5) is 0 Å². The lowest BCUT2D eigenvalue weighted by Gasteiger charge is -2.31. The van der Waals surface area contributed by atoms with Crippen LogP contribution in [-0.2, 0) is 11.3 Å². The van der Waals surface area contributed by atoms with E-state index in [0.29, 0.717) is 11.6 Å². The van der Waals surface area contributed by atoms with Gasteiger partial charge in [-0.1, -0.05) is 0 Å². The summed E-state index contributed by atoms with van der Waals surface area (Å²) < 4.78 is 16.4. The van der Waals surface area contributed by atoms with Gasteiger partial charge in [0.25, 0.3) is 0 Å². The van der Waals surface area contributed by atoms with E-state index in [1.54, 1.807) is 13.2 Å². The molecule has 1 atom stereocenters. The lowest BCUT2D eigenvalue weighted by atomic mass is 10.0. The van der Waals surface area contributed by atoms with Crippen molar-refractivity contribution in [1.82, 2.24) is 0 Å². The monoisotopic (exact) mass is 424 g/mol. The number of rotatable bonds is 7. The van der Waals surface area contributed by atoms with Gasteiger partial charge >= 0.3 is 5.63 Å². The van der Waals surface area contributed by atoms with Crippen molar-refractivity contribution in [3.05, 3.63) is 75.1 Å². The van der Waals surface area contributed by atoms with Crippen LogP contribution in [0.5, 0.6) is 5.75 Å². The molecule has 0 amide bonds. The summed E-state index contributed by atoms with van der Waals surface area (Å²) in [5.74, 6) is 0.872. The molecule has 1 aromatic heterocycles. The number of hydrogen-bond acceptors (Lipinski definition) is 4. The summed E-state index contributed by atoms with van der Waals surface area (Å²) in [5.41, 5.74) is 5.05. The molecule has 1 saturated heterocycles. The number of aryl methyl sites for hydroxylation is 2. The molecule has 0 radical (unpaired) electrons. The molecule has 1 aliphatic rings. The van der Waals surface area contributed by atoms with Gasteiger partial charge in [0.1, 0.15) is 37.5 Å². The number of quaternary nitrogens is 2. The van der Waals surface area contributed by atoms with Gasteiger partial charge in [-0.2, -0.15) is 0 Å². The van der Waals surface area contributed by atoms with Crippen molar-refractivity contribution < 1.29 is 24.1 Å². The molecule has 0 saturated carbocycles. The van der Waals surface area contributed by atoms with Crippen molar-refractivity contribution in [2.24, 2.45) is 0 Å². The van der Waals surface area contributed by atoms with E-state index in [2.05, 4.69) is 30.4 Å². The average molecular weight is 425 g/mol. The molecule has 1 aliphatic heterocycles. The fourth-order valence-corrected chi connectivity index (χ4v) is 4.41. The SMILES string of the molecule is COc1ccc([C@H](C[NH2+]Cc2cc(=O)oc3cc(C)c(C)cc23)[NH+]2CCOCC2)cc1. The van der Waals surface area contributed by atoms with Gasteiger partial charge in [0.15, 0.2) is 6.04 Å². The third-order valence-electron chi connectivity index (χ3n) is 6.36. The number of hydrogen-bond donors (Lipinski definition) is 2. The van der Waals surface area contributed by atoms with Crippen LogP contribution in [0.3, 0.4) is 0 Å². The quantitative estimate of drug-likeness (QED) is 0.558. The molecule has 0 unspecified atom stereocenters. The Hall–Kier alpha value is -2.67. The van der Waals surface area contributed by atoms with Crippen LogP contribution >= 0.6 is 0 Å². The van der Waals surface area contributed by atoms with Crippen molar-refractivity contribution in [2.45, 2.75) is 26.4 Å². The molecule has 3 N–H and O–H groups in total. The van der Waals surface area contributed by atoms with Crippen LogP contribution in [0.1, 0.15) is 28.3 Å². The first-order valence-corrected chi connectivity index (χ1v) is 11.0. The number of methoxy groups -OCH3 is 1. The van der Waals surface area contributed by atoms with E-state index >= 15 is 0 Å². The second-order valence-electron chi connectivity index (χ2n) is 8.35. The first-order valence-electron chi connectivity index (χ1n) is 11.0. The first-order chi connectivity index (χ1) is 15.0. The van der Waals surface area contributed by atoms with Crippen LogP contribution in [0.25, 0.3) is 11.0 Å². The van der Waals surface area contributed by atoms with Crippen molar-refractivity contribution in [3.8, 4) is 5.75 Å². The van der Waals surface area contributed by atoms with Gasteiger partial charge in [-0.15, -0.1) is 0 Å². The molecule has 164 valence electrons. The highest BCUT2D eigenvalue weighted by Gasteiger charge is 2.28. The highest BCUT2D eigenvalue weighted by Crippen LogP contribution is 2.21. The number of morpholine rings is 1. The molecule has 6 nitrogen and oxygen atoms in total. The van der Waals surface area contributed by atoms with Gasteiger partial charge in [-0.25, -0.2) is 4.79 Å². The van der Waals surface area contributed by atoms with Crippen LogP contribution in [0.2, 0.25) is 0 Å². The van der Waals surface area contributed by atoms with Crippen molar-refractivity contribution in [3.63, 3.8) is 0 Å². The first kappa shape index (κ1) is 21.6. The van der Waals surface area contributed by atoms with E-state index in [0.717, 1.165) is 61.7 Å². The summed E-state index contributed by atoms with van der Waals surface area (Å²) in [6.45, 7) is 9.39. The van der Waals surface area contributed by atoms with Gasteiger partial charge in [-0.05, 0) is 61.4 Å². The Kier molecular flexibility index (Phi) is 6.70. The lowest BCUT2D eigenvalue weighted by Crippen LogP contribution is -3.16. The topological polar surface area (TPSA) is 69.7 Å². The standard InChI is InChI=1S/C25H30N2O4/c1-17-12-22-20(14-25(28)31-24(22)13-18(17)2)15-26-16-23(27-8-10-30-11-9-27)19-4-6-21(29-3)7-5-19/h4-7,12-14,23,26H,8-11,15-16H2,1-3H3/p+2/t23-/m0/s1. The van der Waals surface area contributed by atoms with Crippen molar-refractivity contribution in [1.29, 1.82) is 0 Å². The highest BCUT2D eigenvalue weighted by molar-refractivity contribution is 5.81. The molecule has 6 heteroatoms. The van der Waals surface area contributed by atoms with E-state index < -0.39 is 0 Å². The minimum Gasteiger partial charge on any atom is -0.497 e. The Morgan fingerprint density at radius 2 is 1.77 bits per heavy atom. The van der Waals surface area contributed by atoms with Crippen LogP contribution in [0, 0.1) is 13.8 Å². The normalized spacial score (nSPS) is 15.8. The number of benzene rings is 2. The Balaban J connectivity index is 1.54. The van der Waals surface area contributed by atoms with E-state index in [-0.39, 0.29) is 5.63 Å². The van der Waals surface area contributed by atoms with Crippen LogP contribution in [-0.4, -0.2) is 40.0 Å². The molecule has 4 rings (SSSR count). The summed E-state index contributed by atoms with van der Waals surface area (Å²) in [6, 6.07) is 14.5. The maximum Gasteiger partial charge on any atom is 0.336 e. The zero-order valence-corrected chi connectivity index (χ0v) is 18.6. The third-order valence-corrected chi connectivity index (χ3v) is 6.36. The van der Waals surface area contributed by atoms with Gasteiger partial charge in [0.2, 0.25) is 0 Å². The molecule has 3 aromatic rings. The largest absolute Gasteiger partial charge is 0.497 e. The molecule has 31 heavy (non-hydrogen) atoms. The number of nitrogens with one attached hydrogen (secondary N) is 1. The number of fused-ring (bicyclic) bond motifs is 1. The lowest BCUT2D eigenvalue weighted by molar-refractivity contribution is -0.952. The summed E-state index contributed by atoms with van der Waals surface area (Å²) in [6.07, 6.45) is 0. The Labute approximate surface area is 182 Å². The van der Waals surface area contributed by atoms with Gasteiger partial charge in [-0.3, -0.25) is 0 Å². The third kappa shape index (κ3) is 4.98. The molecule has 0 aliphatic carbocycles. The Morgan fingerprint density at radius 1 is 1.06 bits per heavy atom. The Bertz CT molecular complexity index is 1090. The van der Waals surface area contributed by atoms with E-state index in [9.17, 15) is 4.79 Å². The molecule has 2 aromatic carbocycles. The average Bonchev–Trinajstić information content (AvgIpc) is 2.78. The second kappa shape index (κ2) is 9.64. The molecule has 0 bridgehead atoms. The predicted octanol–water partition coefficient (Wildman–Crippen LogP) is 1.14.